The van der Waals surface area contributed by atoms with Crippen molar-refractivity contribution in [1.29, 1.82) is 0 Å². The molecule has 0 atom stereocenters. The van der Waals surface area contributed by atoms with Crippen LogP contribution in [0.5, 0.6) is 0 Å². The van der Waals surface area contributed by atoms with E-state index in [1.165, 1.54) is 6.92 Å². The molecular formula is C19H20N4O3. The summed E-state index contributed by atoms with van der Waals surface area (Å²) in [5.41, 5.74) is 1.10. The molecule has 0 bridgehead atoms. The van der Waals surface area contributed by atoms with Crippen LogP contribution in [0.15, 0.2) is 48.8 Å². The van der Waals surface area contributed by atoms with Gasteiger partial charge in [0.05, 0.1) is 0 Å². The third kappa shape index (κ3) is 4.05. The number of hydrogen-bond donors (Lipinski definition) is 3. The maximum Gasteiger partial charge on any atom is 0.240 e. The van der Waals surface area contributed by atoms with E-state index in [1.54, 1.807) is 42.7 Å². The highest BCUT2D eigenvalue weighted by atomic mass is 16.2. The van der Waals surface area contributed by atoms with E-state index in [0.717, 1.165) is 5.56 Å². The zero-order chi connectivity index (χ0) is 18.6. The molecule has 26 heavy (non-hydrogen) atoms. The summed E-state index contributed by atoms with van der Waals surface area (Å²) in [5.74, 6) is -0.744. The normalized spacial score (nSPS) is 14.2. The van der Waals surface area contributed by atoms with Gasteiger partial charge in [0.2, 0.25) is 17.7 Å². The van der Waals surface area contributed by atoms with Gasteiger partial charge in [0.15, 0.2) is 0 Å². The Kier molecular flexibility index (Phi) is 4.97. The summed E-state index contributed by atoms with van der Waals surface area (Å²) in [7, 11) is 0. The molecule has 1 aliphatic carbocycles. The molecule has 2 aromatic rings. The van der Waals surface area contributed by atoms with Crippen LogP contribution in [0.1, 0.15) is 25.3 Å². The minimum Gasteiger partial charge on any atom is -0.351 e. The maximum absolute atomic E-state index is 12.6. The summed E-state index contributed by atoms with van der Waals surface area (Å²) in [4.78, 5) is 40.1. The van der Waals surface area contributed by atoms with Crippen LogP contribution in [0.25, 0.3) is 0 Å². The Morgan fingerprint density at radius 1 is 1.00 bits per heavy atom. The average Bonchev–Trinajstić information content (AvgIpc) is 3.44. The smallest absolute Gasteiger partial charge is 0.240 e. The lowest BCUT2D eigenvalue weighted by Gasteiger charge is -2.15. The van der Waals surface area contributed by atoms with Crippen LogP contribution < -0.4 is 16.0 Å². The van der Waals surface area contributed by atoms with Crippen LogP contribution in [0.4, 0.5) is 11.4 Å². The highest BCUT2D eigenvalue weighted by Gasteiger charge is 2.56. The maximum atomic E-state index is 12.6. The number of anilines is 2. The molecule has 3 N–H and O–H groups in total. The van der Waals surface area contributed by atoms with E-state index in [4.69, 9.17) is 0 Å². The molecule has 1 aliphatic rings. The van der Waals surface area contributed by atoms with Crippen LogP contribution in [0.2, 0.25) is 0 Å². The van der Waals surface area contributed by atoms with Crippen molar-refractivity contribution in [2.45, 2.75) is 26.3 Å². The lowest BCUT2D eigenvalue weighted by molar-refractivity contribution is -0.134. The summed E-state index contributed by atoms with van der Waals surface area (Å²) < 4.78 is 0. The number of benzene rings is 1. The van der Waals surface area contributed by atoms with Gasteiger partial charge in [-0.1, -0.05) is 6.07 Å². The average molecular weight is 352 g/mol. The van der Waals surface area contributed by atoms with Gasteiger partial charge in [-0.3, -0.25) is 19.4 Å². The van der Waals surface area contributed by atoms with E-state index in [-0.39, 0.29) is 17.7 Å². The Bertz CT molecular complexity index is 814. The second-order valence-electron chi connectivity index (χ2n) is 6.34. The summed E-state index contributed by atoms with van der Waals surface area (Å²) >= 11 is 0. The van der Waals surface area contributed by atoms with Crippen molar-refractivity contribution in [3.8, 4) is 0 Å². The van der Waals surface area contributed by atoms with Gasteiger partial charge in [-0.05, 0) is 48.7 Å². The van der Waals surface area contributed by atoms with E-state index in [0.29, 0.717) is 30.8 Å². The quantitative estimate of drug-likeness (QED) is 0.693. The number of rotatable bonds is 6. The first-order chi connectivity index (χ1) is 12.5. The number of amides is 3. The van der Waals surface area contributed by atoms with Gasteiger partial charge in [0.25, 0.3) is 0 Å². The molecule has 0 spiro atoms. The first-order valence-electron chi connectivity index (χ1n) is 8.36. The van der Waals surface area contributed by atoms with Crippen LogP contribution in [-0.2, 0) is 20.9 Å². The molecule has 134 valence electrons. The predicted molar refractivity (Wildman–Crippen MR) is 97.1 cm³/mol. The van der Waals surface area contributed by atoms with Gasteiger partial charge in [-0.2, -0.15) is 0 Å². The number of carbonyl (C=O) groups excluding carboxylic acids is 3. The topological polar surface area (TPSA) is 100 Å². The second kappa shape index (κ2) is 7.35. The van der Waals surface area contributed by atoms with Gasteiger partial charge in [0, 0.05) is 37.2 Å². The SMILES string of the molecule is CC(=O)Nc1ccc(NC(=O)C2(C(=O)NCc3cccnc3)CC2)cc1. The summed E-state index contributed by atoms with van der Waals surface area (Å²) in [6.45, 7) is 1.77. The van der Waals surface area contributed by atoms with Crippen molar-refractivity contribution in [2.24, 2.45) is 5.41 Å². The third-order valence-corrected chi connectivity index (χ3v) is 4.26. The van der Waals surface area contributed by atoms with Crippen LogP contribution in [0, 0.1) is 5.41 Å². The lowest BCUT2D eigenvalue weighted by Crippen LogP contribution is -2.39. The Morgan fingerprint density at radius 3 is 2.19 bits per heavy atom. The number of aromatic nitrogens is 1. The van der Waals surface area contributed by atoms with Gasteiger partial charge in [0.1, 0.15) is 5.41 Å². The minimum atomic E-state index is -1.00. The molecule has 7 nitrogen and oxygen atoms in total. The molecule has 1 aromatic carbocycles. The number of pyridine rings is 1. The van der Waals surface area contributed by atoms with Crippen LogP contribution in [-0.4, -0.2) is 22.7 Å². The Hall–Kier alpha value is -3.22. The number of nitrogens with zero attached hydrogens (tertiary/aromatic N) is 1. The van der Waals surface area contributed by atoms with E-state index in [1.807, 2.05) is 6.07 Å². The Morgan fingerprint density at radius 2 is 1.65 bits per heavy atom. The van der Waals surface area contributed by atoms with Crippen molar-refractivity contribution in [3.05, 3.63) is 54.4 Å². The molecule has 1 heterocycles. The lowest BCUT2D eigenvalue weighted by atomic mass is 10.0. The largest absolute Gasteiger partial charge is 0.351 e. The predicted octanol–water partition coefficient (Wildman–Crippen LogP) is 2.08. The van der Waals surface area contributed by atoms with Gasteiger partial charge >= 0.3 is 0 Å². The first kappa shape index (κ1) is 17.6. The van der Waals surface area contributed by atoms with Crippen LogP contribution >= 0.6 is 0 Å². The summed E-state index contributed by atoms with van der Waals surface area (Å²) in [6.07, 6.45) is 4.40. The van der Waals surface area contributed by atoms with Gasteiger partial charge in [-0.25, -0.2) is 0 Å². The van der Waals surface area contributed by atoms with E-state index in [2.05, 4.69) is 20.9 Å². The van der Waals surface area contributed by atoms with Gasteiger partial charge < -0.3 is 16.0 Å². The summed E-state index contributed by atoms with van der Waals surface area (Å²) in [6, 6.07) is 10.4. The fourth-order valence-corrected chi connectivity index (χ4v) is 2.63. The van der Waals surface area contributed by atoms with Crippen molar-refractivity contribution in [2.75, 3.05) is 10.6 Å². The summed E-state index contributed by atoms with van der Waals surface area (Å²) in [5, 5.41) is 8.25. The molecule has 1 fully saturated rings. The zero-order valence-corrected chi connectivity index (χ0v) is 14.4. The highest BCUT2D eigenvalue weighted by molar-refractivity contribution is 6.13. The fraction of sp³-hybridized carbons (Fsp3) is 0.263. The Labute approximate surface area is 151 Å². The molecule has 3 rings (SSSR count). The van der Waals surface area contributed by atoms with E-state index < -0.39 is 5.41 Å². The molecule has 1 saturated carbocycles. The molecule has 7 heteroatoms. The third-order valence-electron chi connectivity index (χ3n) is 4.26. The molecule has 0 unspecified atom stereocenters. The standard InChI is InChI=1S/C19H20N4O3/c1-13(24)22-15-4-6-16(7-5-15)23-18(26)19(8-9-19)17(25)21-12-14-3-2-10-20-11-14/h2-7,10-11H,8-9,12H2,1H3,(H,21,25)(H,22,24)(H,23,26). The van der Waals surface area contributed by atoms with E-state index in [9.17, 15) is 14.4 Å². The van der Waals surface area contributed by atoms with Gasteiger partial charge in [-0.15, -0.1) is 0 Å². The minimum absolute atomic E-state index is 0.163. The number of nitrogens with one attached hydrogen (secondary N) is 3. The van der Waals surface area contributed by atoms with Crippen molar-refractivity contribution in [3.63, 3.8) is 0 Å². The molecule has 1 aromatic heterocycles. The van der Waals surface area contributed by atoms with Crippen molar-refractivity contribution >= 4 is 29.1 Å². The monoisotopic (exact) mass is 352 g/mol. The molecule has 0 radical (unpaired) electrons. The Balaban J connectivity index is 1.58. The zero-order valence-electron chi connectivity index (χ0n) is 14.4. The number of carbonyl (C=O) groups is 3. The highest BCUT2D eigenvalue weighted by Crippen LogP contribution is 2.46. The van der Waals surface area contributed by atoms with E-state index >= 15 is 0 Å². The van der Waals surface area contributed by atoms with Crippen molar-refractivity contribution in [1.82, 2.24) is 10.3 Å². The van der Waals surface area contributed by atoms with Crippen molar-refractivity contribution < 1.29 is 14.4 Å². The molecular weight excluding hydrogens is 332 g/mol. The molecule has 0 saturated heterocycles. The molecule has 3 amide bonds. The first-order valence-corrected chi connectivity index (χ1v) is 8.36. The second-order valence-corrected chi connectivity index (χ2v) is 6.34. The molecule has 0 aliphatic heterocycles. The number of hydrogen-bond acceptors (Lipinski definition) is 4. The fourth-order valence-electron chi connectivity index (χ4n) is 2.63. The van der Waals surface area contributed by atoms with Crippen LogP contribution in [0.3, 0.4) is 0 Å².